The van der Waals surface area contributed by atoms with Crippen molar-refractivity contribution in [3.05, 3.63) is 112 Å². The zero-order valence-corrected chi connectivity index (χ0v) is 20.1. The SMILES string of the molecule is O=c1cc(S(=O)(=O)N2CCC(c3ccc(-c4ccc5c(c4)Cc4ccccc4-5)cc3)CC2)cc[nH]1. The first-order chi connectivity index (χ1) is 17.0. The van der Waals surface area contributed by atoms with Crippen LogP contribution < -0.4 is 5.56 Å². The number of piperidine rings is 1. The van der Waals surface area contributed by atoms with Crippen LogP contribution in [-0.2, 0) is 16.4 Å². The molecule has 1 N–H and O–H groups in total. The largest absolute Gasteiger partial charge is 0.329 e. The molecule has 3 aromatic carbocycles. The highest BCUT2D eigenvalue weighted by molar-refractivity contribution is 7.89. The van der Waals surface area contributed by atoms with E-state index in [0.717, 1.165) is 25.3 Å². The van der Waals surface area contributed by atoms with Crippen molar-refractivity contribution in [3.8, 4) is 22.3 Å². The summed E-state index contributed by atoms with van der Waals surface area (Å²) in [5.41, 5.74) is 8.71. The molecule has 0 radical (unpaired) electrons. The summed E-state index contributed by atoms with van der Waals surface area (Å²) in [6.07, 6.45) is 3.89. The topological polar surface area (TPSA) is 70.2 Å². The summed E-state index contributed by atoms with van der Waals surface area (Å²) in [4.78, 5) is 14.1. The minimum Gasteiger partial charge on any atom is -0.329 e. The number of hydrogen-bond acceptors (Lipinski definition) is 3. The molecule has 0 saturated carbocycles. The second kappa shape index (κ2) is 8.63. The average Bonchev–Trinajstić information content (AvgIpc) is 3.27. The molecule has 35 heavy (non-hydrogen) atoms. The summed E-state index contributed by atoms with van der Waals surface area (Å²) in [6.45, 7) is 0.903. The van der Waals surface area contributed by atoms with Gasteiger partial charge in [0.05, 0.1) is 4.90 Å². The lowest BCUT2D eigenvalue weighted by molar-refractivity contribution is 0.319. The Morgan fingerprint density at radius 3 is 2.26 bits per heavy atom. The summed E-state index contributed by atoms with van der Waals surface area (Å²) in [6, 6.07) is 26.7. The monoisotopic (exact) mass is 482 g/mol. The highest BCUT2D eigenvalue weighted by Gasteiger charge is 2.30. The third kappa shape index (κ3) is 4.03. The van der Waals surface area contributed by atoms with Gasteiger partial charge in [0, 0.05) is 25.4 Å². The van der Waals surface area contributed by atoms with E-state index in [2.05, 4.69) is 71.7 Å². The Bertz CT molecular complexity index is 1560. The molecule has 1 aliphatic carbocycles. The Balaban J connectivity index is 1.15. The molecule has 6 heteroatoms. The number of nitrogens with zero attached hydrogens (tertiary/aromatic N) is 1. The van der Waals surface area contributed by atoms with Crippen LogP contribution in [0.1, 0.15) is 35.4 Å². The minimum absolute atomic E-state index is 0.0569. The molecule has 2 heterocycles. The van der Waals surface area contributed by atoms with Crippen LogP contribution in [0.4, 0.5) is 0 Å². The fraction of sp³-hybridized carbons (Fsp3) is 0.207. The van der Waals surface area contributed by atoms with Crippen molar-refractivity contribution < 1.29 is 8.42 Å². The number of aromatic amines is 1. The highest BCUT2D eigenvalue weighted by atomic mass is 32.2. The summed E-state index contributed by atoms with van der Waals surface area (Å²) in [7, 11) is -3.64. The van der Waals surface area contributed by atoms with Crippen LogP contribution in [0.2, 0.25) is 0 Å². The van der Waals surface area contributed by atoms with Crippen molar-refractivity contribution in [2.24, 2.45) is 0 Å². The predicted octanol–water partition coefficient (Wildman–Crippen LogP) is 5.18. The highest BCUT2D eigenvalue weighted by Crippen LogP contribution is 2.39. The van der Waals surface area contributed by atoms with E-state index in [1.807, 2.05) is 0 Å². The van der Waals surface area contributed by atoms with Crippen LogP contribution >= 0.6 is 0 Å². The zero-order chi connectivity index (χ0) is 24.0. The number of fused-ring (bicyclic) bond motifs is 3. The maximum atomic E-state index is 12.9. The van der Waals surface area contributed by atoms with Crippen molar-refractivity contribution in [2.45, 2.75) is 30.1 Å². The van der Waals surface area contributed by atoms with Crippen molar-refractivity contribution in [2.75, 3.05) is 13.1 Å². The molecule has 1 fully saturated rings. The van der Waals surface area contributed by atoms with Crippen LogP contribution in [0.25, 0.3) is 22.3 Å². The van der Waals surface area contributed by atoms with Crippen molar-refractivity contribution in [1.29, 1.82) is 0 Å². The molecule has 0 amide bonds. The van der Waals surface area contributed by atoms with Gasteiger partial charge in [0.25, 0.3) is 0 Å². The number of sulfonamides is 1. The molecule has 1 aromatic heterocycles. The van der Waals surface area contributed by atoms with Gasteiger partial charge in [-0.25, -0.2) is 8.42 Å². The summed E-state index contributed by atoms with van der Waals surface area (Å²) < 4.78 is 27.3. The number of rotatable bonds is 4. The van der Waals surface area contributed by atoms with E-state index >= 15 is 0 Å². The van der Waals surface area contributed by atoms with E-state index in [1.54, 1.807) is 0 Å². The van der Waals surface area contributed by atoms with E-state index in [0.29, 0.717) is 19.0 Å². The molecule has 0 bridgehead atoms. The number of nitrogens with one attached hydrogen (secondary N) is 1. The first kappa shape index (κ1) is 22.0. The van der Waals surface area contributed by atoms with Gasteiger partial charge in [-0.15, -0.1) is 0 Å². The maximum Gasteiger partial charge on any atom is 0.249 e. The van der Waals surface area contributed by atoms with Crippen molar-refractivity contribution in [1.82, 2.24) is 9.29 Å². The lowest BCUT2D eigenvalue weighted by Gasteiger charge is -2.31. The summed E-state index contributed by atoms with van der Waals surface area (Å²) in [5, 5.41) is 0. The molecule has 0 atom stereocenters. The van der Waals surface area contributed by atoms with Gasteiger partial charge in [-0.3, -0.25) is 4.79 Å². The number of hydrogen-bond donors (Lipinski definition) is 1. The molecule has 0 unspecified atom stereocenters. The number of pyridine rings is 1. The minimum atomic E-state index is -3.64. The predicted molar refractivity (Wildman–Crippen MR) is 138 cm³/mol. The first-order valence-corrected chi connectivity index (χ1v) is 13.4. The molecule has 4 aromatic rings. The Hall–Kier alpha value is -3.48. The lowest BCUT2D eigenvalue weighted by atomic mass is 9.89. The molecule has 6 rings (SSSR count). The van der Waals surface area contributed by atoms with Crippen molar-refractivity contribution >= 4 is 10.0 Å². The fourth-order valence-corrected chi connectivity index (χ4v) is 6.92. The van der Waals surface area contributed by atoms with Gasteiger partial charge in [0.1, 0.15) is 0 Å². The lowest BCUT2D eigenvalue weighted by Crippen LogP contribution is -2.38. The van der Waals surface area contributed by atoms with E-state index in [1.165, 1.54) is 55.5 Å². The molecule has 1 saturated heterocycles. The van der Waals surface area contributed by atoms with Gasteiger partial charge in [0.15, 0.2) is 0 Å². The van der Waals surface area contributed by atoms with Crippen molar-refractivity contribution in [3.63, 3.8) is 0 Å². The van der Waals surface area contributed by atoms with Crippen LogP contribution in [0.3, 0.4) is 0 Å². The first-order valence-electron chi connectivity index (χ1n) is 12.0. The van der Waals surface area contributed by atoms with Gasteiger partial charge in [-0.05, 0) is 70.2 Å². The van der Waals surface area contributed by atoms with Gasteiger partial charge < -0.3 is 4.98 Å². The van der Waals surface area contributed by atoms with Crippen LogP contribution in [-0.4, -0.2) is 30.8 Å². The van der Waals surface area contributed by atoms with E-state index in [-0.39, 0.29) is 4.90 Å². The number of aromatic nitrogens is 1. The molecule has 0 spiro atoms. The molecular weight excluding hydrogens is 456 g/mol. The Labute approximate surface area is 205 Å². The third-order valence-electron chi connectivity index (χ3n) is 7.35. The van der Waals surface area contributed by atoms with Gasteiger partial charge in [-0.1, -0.05) is 66.7 Å². The van der Waals surface area contributed by atoms with E-state index in [4.69, 9.17) is 0 Å². The Morgan fingerprint density at radius 1 is 0.771 bits per heavy atom. The van der Waals surface area contributed by atoms with E-state index in [9.17, 15) is 13.2 Å². The maximum absolute atomic E-state index is 12.9. The molecule has 5 nitrogen and oxygen atoms in total. The average molecular weight is 483 g/mol. The van der Waals surface area contributed by atoms with E-state index < -0.39 is 15.6 Å². The molecule has 1 aliphatic heterocycles. The van der Waals surface area contributed by atoms with Crippen LogP contribution in [0, 0.1) is 0 Å². The van der Waals surface area contributed by atoms with Gasteiger partial charge >= 0.3 is 0 Å². The molecule has 176 valence electrons. The smallest absolute Gasteiger partial charge is 0.249 e. The van der Waals surface area contributed by atoms with Gasteiger partial charge in [-0.2, -0.15) is 4.31 Å². The molecule has 2 aliphatic rings. The second-order valence-corrected chi connectivity index (χ2v) is 11.3. The standard InChI is InChI=1S/C29H26N2O3S/c32-29-19-26(11-14-30-29)35(33,34)31-15-12-22(13-16-31)20-5-7-21(8-6-20)23-9-10-28-25(17-23)18-24-3-1-2-4-27(24)28/h1-11,14,17,19,22H,12-13,15-16,18H2,(H,30,32). The zero-order valence-electron chi connectivity index (χ0n) is 19.3. The summed E-state index contributed by atoms with van der Waals surface area (Å²) in [5.74, 6) is 0.323. The van der Waals surface area contributed by atoms with Crippen LogP contribution in [0.5, 0.6) is 0 Å². The molecular formula is C29H26N2O3S. The fourth-order valence-electron chi connectivity index (χ4n) is 5.44. The third-order valence-corrected chi connectivity index (χ3v) is 9.24. The Morgan fingerprint density at radius 2 is 1.49 bits per heavy atom. The number of benzene rings is 3. The quantitative estimate of drug-likeness (QED) is 0.384. The van der Waals surface area contributed by atoms with Gasteiger partial charge in [0.2, 0.25) is 15.6 Å². The second-order valence-electron chi connectivity index (χ2n) is 9.39. The van der Waals surface area contributed by atoms with Crippen LogP contribution in [0.15, 0.2) is 94.7 Å². The normalized spacial score (nSPS) is 16.1. The Kier molecular flexibility index (Phi) is 5.43. The number of H-pyrrole nitrogens is 1. The summed E-state index contributed by atoms with van der Waals surface area (Å²) >= 11 is 0.